The Morgan fingerprint density at radius 1 is 1.50 bits per heavy atom. The average molecular weight is 279 g/mol. The van der Waals surface area contributed by atoms with Gasteiger partial charge in [0.2, 0.25) is 0 Å². The van der Waals surface area contributed by atoms with Gasteiger partial charge in [0, 0.05) is 0 Å². The third-order valence-electron chi connectivity index (χ3n) is 1.89. The zero-order chi connectivity index (χ0) is 13.9. The summed E-state index contributed by atoms with van der Waals surface area (Å²) in [6, 6.07) is 0. The van der Waals surface area contributed by atoms with Crippen LogP contribution in [0.4, 0.5) is 19.5 Å². The van der Waals surface area contributed by atoms with Gasteiger partial charge in [-0.25, -0.2) is 8.78 Å². The van der Waals surface area contributed by atoms with E-state index in [1.807, 2.05) is 0 Å². The van der Waals surface area contributed by atoms with Crippen molar-refractivity contribution in [3.05, 3.63) is 4.88 Å². The van der Waals surface area contributed by atoms with E-state index >= 15 is 0 Å². The van der Waals surface area contributed by atoms with E-state index in [1.165, 1.54) is 0 Å². The van der Waals surface area contributed by atoms with Crippen LogP contribution in [0, 0.1) is 0 Å². The van der Waals surface area contributed by atoms with E-state index in [1.54, 1.807) is 13.8 Å². The van der Waals surface area contributed by atoms with Gasteiger partial charge in [0.25, 0.3) is 12.3 Å². The molecule has 0 unspecified atom stereocenters. The SMILES string of the molecule is CC(C)Oc1c(NCC(F)F)sc(C(N)=O)c1N. The fourth-order valence-corrected chi connectivity index (χ4v) is 2.16. The van der Waals surface area contributed by atoms with Gasteiger partial charge in [0.15, 0.2) is 5.75 Å². The van der Waals surface area contributed by atoms with Crippen LogP contribution in [-0.2, 0) is 0 Å². The number of carbonyl (C=O) groups excluding carboxylic acids is 1. The lowest BCUT2D eigenvalue weighted by Crippen LogP contribution is -2.13. The first kappa shape index (κ1) is 14.5. The predicted molar refractivity (Wildman–Crippen MR) is 67.5 cm³/mol. The molecule has 5 nitrogen and oxygen atoms in total. The molecule has 0 fully saturated rings. The van der Waals surface area contributed by atoms with Crippen LogP contribution in [0.5, 0.6) is 5.75 Å². The highest BCUT2D eigenvalue weighted by molar-refractivity contribution is 7.19. The zero-order valence-corrected chi connectivity index (χ0v) is 10.8. The van der Waals surface area contributed by atoms with Crippen molar-refractivity contribution in [2.75, 3.05) is 17.6 Å². The van der Waals surface area contributed by atoms with Gasteiger partial charge in [0.05, 0.1) is 12.6 Å². The van der Waals surface area contributed by atoms with Crippen LogP contribution in [0.2, 0.25) is 0 Å². The molecule has 0 aliphatic carbocycles. The standard InChI is InChI=1S/C10H15F2N3O2S/c1-4(2)17-7-6(13)8(9(14)16)18-10(7)15-3-5(11)12/h4-5,15H,3,13H2,1-2H3,(H2,14,16). The largest absolute Gasteiger partial charge is 0.486 e. The first-order valence-corrected chi connectivity index (χ1v) is 6.05. The van der Waals surface area contributed by atoms with Crippen LogP contribution in [-0.4, -0.2) is 25.0 Å². The molecule has 0 aliphatic heterocycles. The second-order valence-electron chi connectivity index (χ2n) is 3.81. The molecule has 1 rings (SSSR count). The van der Waals surface area contributed by atoms with Gasteiger partial charge in [-0.3, -0.25) is 4.79 Å². The van der Waals surface area contributed by atoms with Crippen molar-refractivity contribution in [3.8, 4) is 5.75 Å². The molecule has 5 N–H and O–H groups in total. The highest BCUT2D eigenvalue weighted by Gasteiger charge is 2.22. The molecular formula is C10H15F2N3O2S. The van der Waals surface area contributed by atoms with E-state index in [-0.39, 0.29) is 27.4 Å². The molecule has 1 amide bonds. The molecule has 0 spiro atoms. The molecular weight excluding hydrogens is 264 g/mol. The van der Waals surface area contributed by atoms with Gasteiger partial charge in [-0.1, -0.05) is 0 Å². The summed E-state index contributed by atoms with van der Waals surface area (Å²) in [6.45, 7) is 2.97. The molecule has 0 atom stereocenters. The summed E-state index contributed by atoms with van der Waals surface area (Å²) in [4.78, 5) is 11.2. The lowest BCUT2D eigenvalue weighted by molar-refractivity contribution is 0.100. The summed E-state index contributed by atoms with van der Waals surface area (Å²) >= 11 is 0.909. The Morgan fingerprint density at radius 3 is 2.56 bits per heavy atom. The summed E-state index contributed by atoms with van der Waals surface area (Å²) in [7, 11) is 0. The van der Waals surface area contributed by atoms with E-state index < -0.39 is 18.9 Å². The Morgan fingerprint density at radius 2 is 2.11 bits per heavy atom. The van der Waals surface area contributed by atoms with Crippen molar-refractivity contribution >= 4 is 27.9 Å². The van der Waals surface area contributed by atoms with E-state index in [4.69, 9.17) is 16.2 Å². The number of carbonyl (C=O) groups is 1. The Hall–Kier alpha value is -1.57. The number of ether oxygens (including phenoxy) is 1. The Bertz CT molecular complexity index is 435. The second kappa shape index (κ2) is 5.85. The minimum atomic E-state index is -2.52. The number of nitrogens with two attached hydrogens (primary N) is 2. The van der Waals surface area contributed by atoms with Gasteiger partial charge in [0.1, 0.15) is 15.6 Å². The molecule has 0 aliphatic rings. The normalized spacial score (nSPS) is 11.0. The summed E-state index contributed by atoms with van der Waals surface area (Å²) < 4.78 is 29.7. The molecule has 1 heterocycles. The maximum absolute atomic E-state index is 12.2. The zero-order valence-electron chi connectivity index (χ0n) is 10.00. The van der Waals surface area contributed by atoms with Gasteiger partial charge >= 0.3 is 0 Å². The van der Waals surface area contributed by atoms with E-state index in [9.17, 15) is 13.6 Å². The molecule has 0 saturated carbocycles. The van der Waals surface area contributed by atoms with Crippen molar-refractivity contribution < 1.29 is 18.3 Å². The second-order valence-corrected chi connectivity index (χ2v) is 4.83. The van der Waals surface area contributed by atoms with Crippen molar-refractivity contribution in [2.45, 2.75) is 26.4 Å². The van der Waals surface area contributed by atoms with Crippen LogP contribution >= 0.6 is 11.3 Å². The molecule has 1 aromatic rings. The average Bonchev–Trinajstić information content (AvgIpc) is 2.53. The number of nitrogen functional groups attached to an aromatic ring is 1. The van der Waals surface area contributed by atoms with Gasteiger partial charge in [-0.05, 0) is 13.8 Å². The number of halogens is 2. The monoisotopic (exact) mass is 279 g/mol. The molecule has 0 radical (unpaired) electrons. The van der Waals surface area contributed by atoms with E-state index in [0.717, 1.165) is 11.3 Å². The molecule has 102 valence electrons. The van der Waals surface area contributed by atoms with Crippen molar-refractivity contribution in [1.29, 1.82) is 0 Å². The number of anilines is 2. The van der Waals surface area contributed by atoms with Crippen LogP contribution in [0.3, 0.4) is 0 Å². The Balaban J connectivity index is 3.05. The molecule has 0 bridgehead atoms. The maximum Gasteiger partial charge on any atom is 0.261 e. The number of thiophene rings is 1. The van der Waals surface area contributed by atoms with Crippen molar-refractivity contribution in [3.63, 3.8) is 0 Å². The Kier molecular flexibility index (Phi) is 4.71. The molecule has 1 aromatic heterocycles. The van der Waals surface area contributed by atoms with Crippen LogP contribution < -0.4 is 21.5 Å². The quantitative estimate of drug-likeness (QED) is 0.741. The summed E-state index contributed by atoms with van der Waals surface area (Å²) in [5.41, 5.74) is 10.9. The third-order valence-corrected chi connectivity index (χ3v) is 3.05. The number of nitrogens with one attached hydrogen (secondary N) is 1. The first-order chi connectivity index (χ1) is 8.32. The fraction of sp³-hybridized carbons (Fsp3) is 0.500. The van der Waals surface area contributed by atoms with E-state index in [2.05, 4.69) is 5.32 Å². The number of alkyl halides is 2. The first-order valence-electron chi connectivity index (χ1n) is 5.23. The predicted octanol–water partition coefficient (Wildman–Crippen LogP) is 1.89. The summed E-state index contributed by atoms with van der Waals surface area (Å²) in [5, 5.41) is 2.78. The summed E-state index contributed by atoms with van der Waals surface area (Å²) in [6.07, 6.45) is -2.72. The number of hydrogen-bond donors (Lipinski definition) is 3. The highest BCUT2D eigenvalue weighted by Crippen LogP contribution is 2.42. The number of rotatable bonds is 6. The lowest BCUT2D eigenvalue weighted by atomic mass is 10.3. The number of hydrogen-bond acceptors (Lipinski definition) is 5. The Labute approximate surface area is 107 Å². The minimum absolute atomic E-state index is 0.0815. The highest BCUT2D eigenvalue weighted by atomic mass is 32.1. The van der Waals surface area contributed by atoms with Crippen LogP contribution in [0.25, 0.3) is 0 Å². The molecule has 18 heavy (non-hydrogen) atoms. The maximum atomic E-state index is 12.2. The number of amides is 1. The van der Waals surface area contributed by atoms with E-state index in [0.29, 0.717) is 0 Å². The van der Waals surface area contributed by atoms with Gasteiger partial charge in [-0.2, -0.15) is 0 Å². The number of primary amides is 1. The van der Waals surface area contributed by atoms with Crippen LogP contribution in [0.15, 0.2) is 0 Å². The van der Waals surface area contributed by atoms with Gasteiger partial charge in [-0.15, -0.1) is 11.3 Å². The third kappa shape index (κ3) is 3.46. The lowest BCUT2D eigenvalue weighted by Gasteiger charge is -2.12. The van der Waals surface area contributed by atoms with Crippen LogP contribution in [0.1, 0.15) is 23.5 Å². The fourth-order valence-electron chi connectivity index (χ4n) is 1.25. The molecule has 8 heteroatoms. The topological polar surface area (TPSA) is 90.4 Å². The van der Waals surface area contributed by atoms with Crippen molar-refractivity contribution in [2.24, 2.45) is 5.73 Å². The minimum Gasteiger partial charge on any atom is -0.486 e. The van der Waals surface area contributed by atoms with Crippen molar-refractivity contribution in [1.82, 2.24) is 0 Å². The van der Waals surface area contributed by atoms with Gasteiger partial charge < -0.3 is 21.5 Å². The smallest absolute Gasteiger partial charge is 0.261 e. The summed E-state index contributed by atoms with van der Waals surface area (Å²) in [5.74, 6) is -0.513. The molecule has 0 aromatic carbocycles. The molecule has 0 saturated heterocycles.